The van der Waals surface area contributed by atoms with Crippen molar-refractivity contribution >= 4 is 21.8 Å². The Hall–Kier alpha value is -1.19. The van der Waals surface area contributed by atoms with Crippen molar-refractivity contribution in [2.75, 3.05) is 26.9 Å². The summed E-state index contributed by atoms with van der Waals surface area (Å²) in [7, 11) is -0.0571. The van der Waals surface area contributed by atoms with Gasteiger partial charge in [0.05, 0.1) is 12.8 Å². The lowest BCUT2D eigenvalue weighted by atomic mass is 10.0. The second-order valence-corrected chi connectivity index (χ2v) is 7.82. The number of nitrogens with zero attached hydrogens (tertiary/aromatic N) is 1. The van der Waals surface area contributed by atoms with E-state index in [9.17, 15) is 18.0 Å². The molecule has 0 aromatic carbocycles. The summed E-state index contributed by atoms with van der Waals surface area (Å²) in [5.41, 5.74) is 0. The first kappa shape index (κ1) is 22.8. The molecule has 2 amide bonds. The molecule has 142 valence electrons. The summed E-state index contributed by atoms with van der Waals surface area (Å²) in [6.45, 7) is 5.70. The van der Waals surface area contributed by atoms with Crippen molar-refractivity contribution in [3.05, 3.63) is 0 Å². The minimum absolute atomic E-state index is 0.139. The molecule has 0 heterocycles. The molecule has 0 spiro atoms. The molecule has 0 rings (SSSR count). The number of sulfonamides is 1. The first-order valence-corrected chi connectivity index (χ1v) is 10.1. The van der Waals surface area contributed by atoms with Crippen molar-refractivity contribution in [3.63, 3.8) is 0 Å². The minimum Gasteiger partial charge on any atom is -0.343 e. The first-order chi connectivity index (χ1) is 11.1. The fraction of sp³-hybridized carbons (Fsp3) is 0.867. The molecule has 0 bridgehead atoms. The van der Waals surface area contributed by atoms with Gasteiger partial charge in [-0.15, -0.1) is 0 Å². The van der Waals surface area contributed by atoms with E-state index in [1.54, 1.807) is 21.0 Å². The van der Waals surface area contributed by atoms with Crippen molar-refractivity contribution in [1.29, 1.82) is 0 Å². The number of nitrogens with one attached hydrogen (secondary N) is 3. The van der Waals surface area contributed by atoms with E-state index in [0.29, 0.717) is 12.8 Å². The number of hydrogen-bond acceptors (Lipinski definition) is 5. The Morgan fingerprint density at radius 1 is 1.21 bits per heavy atom. The number of amides is 2. The highest BCUT2D eigenvalue weighted by molar-refractivity contribution is 7.88. The fourth-order valence-electron chi connectivity index (χ4n) is 2.74. The topological polar surface area (TPSA) is 108 Å². The summed E-state index contributed by atoms with van der Waals surface area (Å²) in [6, 6.07) is -1.33. The van der Waals surface area contributed by atoms with Gasteiger partial charge in [-0.25, -0.2) is 13.1 Å². The van der Waals surface area contributed by atoms with E-state index in [0.717, 1.165) is 12.7 Å². The van der Waals surface area contributed by atoms with Gasteiger partial charge in [-0.3, -0.25) is 9.59 Å². The average Bonchev–Trinajstić information content (AvgIpc) is 2.45. The Morgan fingerprint density at radius 2 is 1.79 bits per heavy atom. The Labute approximate surface area is 145 Å². The van der Waals surface area contributed by atoms with E-state index < -0.39 is 22.1 Å². The van der Waals surface area contributed by atoms with Crippen LogP contribution in [-0.2, 0) is 19.6 Å². The van der Waals surface area contributed by atoms with Gasteiger partial charge in [0.2, 0.25) is 21.8 Å². The molecular formula is C15H32N4O4S. The summed E-state index contributed by atoms with van der Waals surface area (Å²) < 4.78 is 25.4. The molecular weight excluding hydrogens is 332 g/mol. The Morgan fingerprint density at radius 3 is 2.21 bits per heavy atom. The second kappa shape index (κ2) is 10.6. The second-order valence-electron chi connectivity index (χ2n) is 6.04. The van der Waals surface area contributed by atoms with Gasteiger partial charge in [-0.2, -0.15) is 0 Å². The molecule has 0 aliphatic carbocycles. The molecule has 3 N–H and O–H groups in total. The molecule has 0 saturated carbocycles. The predicted molar refractivity (Wildman–Crippen MR) is 95.1 cm³/mol. The molecule has 3 atom stereocenters. The van der Waals surface area contributed by atoms with Gasteiger partial charge in [-0.1, -0.05) is 20.3 Å². The van der Waals surface area contributed by atoms with Crippen LogP contribution in [0.5, 0.6) is 0 Å². The van der Waals surface area contributed by atoms with Crippen molar-refractivity contribution in [3.8, 4) is 0 Å². The number of rotatable bonds is 11. The standard InChI is InChI=1S/C15H32N4O4S/c1-7-9-12(17-14(20)10-16-4)15(21)19(5)13(8-2)11(3)18-24(6,22)23/h11-13,16,18H,7-10H2,1-6H3,(H,17,20). The Bertz CT molecular complexity index is 510. The van der Waals surface area contributed by atoms with E-state index in [4.69, 9.17) is 0 Å². The highest BCUT2D eigenvalue weighted by Crippen LogP contribution is 2.12. The van der Waals surface area contributed by atoms with Gasteiger partial charge >= 0.3 is 0 Å². The van der Waals surface area contributed by atoms with Gasteiger partial charge in [0.1, 0.15) is 6.04 Å². The average molecular weight is 365 g/mol. The molecule has 0 aliphatic rings. The predicted octanol–water partition coefficient (Wildman–Crippen LogP) is -0.335. The van der Waals surface area contributed by atoms with E-state index in [1.807, 2.05) is 13.8 Å². The van der Waals surface area contributed by atoms with Crippen LogP contribution in [0.3, 0.4) is 0 Å². The maximum absolute atomic E-state index is 12.8. The normalized spacial score (nSPS) is 15.4. The van der Waals surface area contributed by atoms with Gasteiger partial charge in [0, 0.05) is 19.1 Å². The lowest BCUT2D eigenvalue weighted by molar-refractivity contribution is -0.137. The Balaban J connectivity index is 5.12. The monoisotopic (exact) mass is 364 g/mol. The van der Waals surface area contributed by atoms with Crippen LogP contribution in [-0.4, -0.2) is 70.2 Å². The maximum atomic E-state index is 12.8. The van der Waals surface area contributed by atoms with Crippen LogP contribution in [0, 0.1) is 0 Å². The van der Waals surface area contributed by atoms with Gasteiger partial charge < -0.3 is 15.5 Å². The van der Waals surface area contributed by atoms with Crippen LogP contribution in [0.4, 0.5) is 0 Å². The van der Waals surface area contributed by atoms with Crippen molar-refractivity contribution in [2.24, 2.45) is 0 Å². The van der Waals surface area contributed by atoms with Crippen LogP contribution in [0.2, 0.25) is 0 Å². The zero-order chi connectivity index (χ0) is 18.9. The van der Waals surface area contributed by atoms with Crippen molar-refractivity contribution in [1.82, 2.24) is 20.3 Å². The summed E-state index contributed by atoms with van der Waals surface area (Å²) >= 11 is 0. The smallest absolute Gasteiger partial charge is 0.245 e. The molecule has 0 fully saturated rings. The van der Waals surface area contributed by atoms with E-state index in [-0.39, 0.29) is 24.4 Å². The zero-order valence-electron chi connectivity index (χ0n) is 15.5. The van der Waals surface area contributed by atoms with E-state index >= 15 is 0 Å². The van der Waals surface area contributed by atoms with Crippen LogP contribution in [0.1, 0.15) is 40.0 Å². The van der Waals surface area contributed by atoms with E-state index in [2.05, 4.69) is 15.4 Å². The summed E-state index contributed by atoms with van der Waals surface area (Å²) in [5.74, 6) is -0.455. The third kappa shape index (κ3) is 8.07. The molecule has 3 unspecified atom stereocenters. The third-order valence-electron chi connectivity index (χ3n) is 3.79. The van der Waals surface area contributed by atoms with Crippen LogP contribution >= 0.6 is 0 Å². The van der Waals surface area contributed by atoms with Crippen LogP contribution in [0.15, 0.2) is 0 Å². The molecule has 8 nitrogen and oxygen atoms in total. The van der Waals surface area contributed by atoms with Gasteiger partial charge in [0.25, 0.3) is 0 Å². The molecule has 9 heteroatoms. The molecule has 0 radical (unpaired) electrons. The van der Waals surface area contributed by atoms with Crippen molar-refractivity contribution in [2.45, 2.75) is 58.2 Å². The maximum Gasteiger partial charge on any atom is 0.245 e. The quantitative estimate of drug-likeness (QED) is 0.465. The minimum atomic E-state index is -3.36. The molecule has 0 aromatic rings. The molecule has 0 saturated heterocycles. The summed E-state index contributed by atoms with van der Waals surface area (Å²) in [4.78, 5) is 26.1. The highest BCUT2D eigenvalue weighted by Gasteiger charge is 2.30. The number of hydrogen-bond donors (Lipinski definition) is 3. The lowest BCUT2D eigenvalue weighted by Crippen LogP contribution is -2.56. The molecule has 24 heavy (non-hydrogen) atoms. The first-order valence-electron chi connectivity index (χ1n) is 8.25. The zero-order valence-corrected chi connectivity index (χ0v) is 16.4. The highest BCUT2D eigenvalue weighted by atomic mass is 32.2. The van der Waals surface area contributed by atoms with Crippen molar-refractivity contribution < 1.29 is 18.0 Å². The summed E-state index contributed by atoms with van der Waals surface area (Å²) in [6.07, 6.45) is 2.96. The largest absolute Gasteiger partial charge is 0.343 e. The van der Waals surface area contributed by atoms with Crippen LogP contribution in [0.25, 0.3) is 0 Å². The fourth-order valence-corrected chi connectivity index (χ4v) is 3.57. The molecule has 0 aromatic heterocycles. The summed E-state index contributed by atoms with van der Waals surface area (Å²) in [5, 5.41) is 5.48. The lowest BCUT2D eigenvalue weighted by Gasteiger charge is -2.34. The SMILES string of the molecule is CCCC(NC(=O)CNC)C(=O)N(C)C(CC)C(C)NS(C)(=O)=O. The van der Waals surface area contributed by atoms with E-state index in [1.165, 1.54) is 4.90 Å². The van der Waals surface area contributed by atoms with Gasteiger partial charge in [0.15, 0.2) is 0 Å². The third-order valence-corrected chi connectivity index (χ3v) is 4.59. The molecule has 0 aliphatic heterocycles. The Kier molecular flexibility index (Phi) is 10.1. The number of carbonyl (C=O) groups is 2. The van der Waals surface area contributed by atoms with Gasteiger partial charge in [-0.05, 0) is 26.8 Å². The number of carbonyl (C=O) groups excluding carboxylic acids is 2. The number of likely N-dealkylation sites (N-methyl/N-ethyl adjacent to an activating group) is 2. The van der Waals surface area contributed by atoms with Crippen LogP contribution < -0.4 is 15.4 Å².